The minimum atomic E-state index is -1.03. The predicted octanol–water partition coefficient (Wildman–Crippen LogP) is 3.16. The topological polar surface area (TPSA) is 86.7 Å². The van der Waals surface area contributed by atoms with Crippen LogP contribution in [0.1, 0.15) is 39.1 Å². The number of hydrogen-bond acceptors (Lipinski definition) is 3. The molecule has 0 aromatic heterocycles. The number of carbonyl (C=O) groups is 3. The number of likely N-dealkylation sites (tertiary alicyclic amines) is 1. The first kappa shape index (κ1) is 17.5. The number of aromatic carboxylic acids is 1. The van der Waals surface area contributed by atoms with E-state index in [1.807, 2.05) is 0 Å². The van der Waals surface area contributed by atoms with Gasteiger partial charge < -0.3 is 15.3 Å². The van der Waals surface area contributed by atoms with E-state index in [4.69, 9.17) is 11.6 Å². The summed E-state index contributed by atoms with van der Waals surface area (Å²) in [5.41, 5.74) is 1.16. The molecule has 0 aliphatic carbocycles. The molecule has 0 saturated carbocycles. The summed E-state index contributed by atoms with van der Waals surface area (Å²) in [5, 5.41) is 12.5. The highest BCUT2D eigenvalue weighted by Crippen LogP contribution is 2.45. The molecule has 2 N–H and O–H groups in total. The maximum Gasteiger partial charge on any atom is 0.335 e. The summed E-state index contributed by atoms with van der Waals surface area (Å²) in [4.78, 5) is 38.5. The highest BCUT2D eigenvalue weighted by Gasteiger charge is 2.49. The molecule has 0 atom stereocenters. The first-order chi connectivity index (χ1) is 12.9. The minimum absolute atomic E-state index is 0.134. The van der Waals surface area contributed by atoms with Crippen molar-refractivity contribution in [3.05, 3.63) is 64.2 Å². The van der Waals surface area contributed by atoms with Gasteiger partial charge in [-0.2, -0.15) is 0 Å². The molecule has 1 spiro atoms. The molecule has 4 rings (SSSR count). The molecule has 2 aliphatic rings. The van der Waals surface area contributed by atoms with E-state index in [1.165, 1.54) is 6.07 Å². The number of fused-ring (bicyclic) bond motifs is 2. The Bertz CT molecular complexity index is 964. The summed E-state index contributed by atoms with van der Waals surface area (Å²) >= 11 is 6.13. The van der Waals surface area contributed by atoms with Gasteiger partial charge in [0.25, 0.3) is 5.91 Å². The lowest BCUT2D eigenvalue weighted by Crippen LogP contribution is -2.48. The van der Waals surface area contributed by atoms with Crippen LogP contribution < -0.4 is 5.32 Å². The summed E-state index contributed by atoms with van der Waals surface area (Å²) in [6, 6.07) is 11.6. The van der Waals surface area contributed by atoms with Crippen molar-refractivity contribution in [1.82, 2.24) is 4.90 Å². The Labute approximate surface area is 160 Å². The highest BCUT2D eigenvalue weighted by atomic mass is 35.5. The second-order valence-corrected chi connectivity index (χ2v) is 7.28. The summed E-state index contributed by atoms with van der Waals surface area (Å²) in [6.07, 6.45) is 0.871. The molecule has 1 saturated heterocycles. The molecule has 138 valence electrons. The van der Waals surface area contributed by atoms with Crippen molar-refractivity contribution in [1.29, 1.82) is 0 Å². The average molecular weight is 385 g/mol. The fraction of sp³-hybridized carbons (Fsp3) is 0.250. The largest absolute Gasteiger partial charge is 0.478 e. The molecule has 2 amide bonds. The van der Waals surface area contributed by atoms with E-state index >= 15 is 0 Å². The Kier molecular flexibility index (Phi) is 4.15. The van der Waals surface area contributed by atoms with Gasteiger partial charge in [0.1, 0.15) is 0 Å². The first-order valence-corrected chi connectivity index (χ1v) is 9.03. The lowest BCUT2D eigenvalue weighted by atomic mass is 9.73. The van der Waals surface area contributed by atoms with Crippen LogP contribution in [0, 0.1) is 0 Å². The van der Waals surface area contributed by atoms with Crippen LogP contribution in [-0.2, 0) is 10.2 Å². The number of carboxylic acid groups (broad SMARTS) is 1. The molecule has 0 bridgehead atoms. The molecule has 6 nitrogen and oxygen atoms in total. The Morgan fingerprint density at radius 2 is 1.81 bits per heavy atom. The summed E-state index contributed by atoms with van der Waals surface area (Å²) in [5.74, 6) is -1.32. The third-order valence-electron chi connectivity index (χ3n) is 5.47. The van der Waals surface area contributed by atoms with Crippen LogP contribution >= 0.6 is 11.6 Å². The zero-order valence-corrected chi connectivity index (χ0v) is 15.1. The second-order valence-electron chi connectivity index (χ2n) is 6.87. The van der Waals surface area contributed by atoms with Gasteiger partial charge in [0, 0.05) is 18.8 Å². The van der Waals surface area contributed by atoms with Crippen LogP contribution in [0.15, 0.2) is 42.5 Å². The lowest BCUT2D eigenvalue weighted by Gasteiger charge is -2.38. The van der Waals surface area contributed by atoms with Crippen LogP contribution in [0.4, 0.5) is 5.69 Å². The van der Waals surface area contributed by atoms with Crippen LogP contribution in [-0.4, -0.2) is 40.9 Å². The molecule has 2 aromatic carbocycles. The Balaban J connectivity index is 1.60. The zero-order chi connectivity index (χ0) is 19.2. The van der Waals surface area contributed by atoms with Gasteiger partial charge in [-0.15, -0.1) is 0 Å². The second kappa shape index (κ2) is 6.39. The molecular formula is C20H17ClN2O4. The summed E-state index contributed by atoms with van der Waals surface area (Å²) in [6.45, 7) is 0.794. The molecule has 0 unspecified atom stereocenters. The SMILES string of the molecule is O=C(O)c1ccc2c(c1)C1(CCN(C(=O)c3ccccc3Cl)CC1)C(=O)N2. The van der Waals surface area contributed by atoms with Gasteiger partial charge in [-0.1, -0.05) is 23.7 Å². The third-order valence-corrected chi connectivity index (χ3v) is 5.80. The smallest absolute Gasteiger partial charge is 0.335 e. The number of anilines is 1. The van der Waals surface area contributed by atoms with E-state index in [-0.39, 0.29) is 17.4 Å². The first-order valence-electron chi connectivity index (χ1n) is 8.65. The quantitative estimate of drug-likeness (QED) is 0.832. The molecule has 2 aliphatic heterocycles. The van der Waals surface area contributed by atoms with Crippen molar-refractivity contribution in [2.24, 2.45) is 0 Å². The van der Waals surface area contributed by atoms with Gasteiger partial charge in [-0.25, -0.2) is 4.79 Å². The van der Waals surface area contributed by atoms with Crippen LogP contribution in [0.25, 0.3) is 0 Å². The van der Waals surface area contributed by atoms with E-state index in [2.05, 4.69) is 5.32 Å². The number of piperidine rings is 1. The van der Waals surface area contributed by atoms with Crippen molar-refractivity contribution in [2.45, 2.75) is 18.3 Å². The van der Waals surface area contributed by atoms with Crippen LogP contribution in [0.2, 0.25) is 5.02 Å². The van der Waals surface area contributed by atoms with Gasteiger partial charge in [-0.05, 0) is 48.7 Å². The fourth-order valence-electron chi connectivity index (χ4n) is 3.94. The lowest BCUT2D eigenvalue weighted by molar-refractivity contribution is -0.122. The van der Waals surface area contributed by atoms with Gasteiger partial charge in [-0.3, -0.25) is 9.59 Å². The number of amides is 2. The van der Waals surface area contributed by atoms with Crippen molar-refractivity contribution in [3.63, 3.8) is 0 Å². The highest BCUT2D eigenvalue weighted by molar-refractivity contribution is 6.33. The van der Waals surface area contributed by atoms with E-state index < -0.39 is 11.4 Å². The van der Waals surface area contributed by atoms with Crippen molar-refractivity contribution < 1.29 is 19.5 Å². The van der Waals surface area contributed by atoms with E-state index in [9.17, 15) is 19.5 Å². The standard InChI is InChI=1S/C20H17ClN2O4/c21-15-4-2-1-3-13(15)17(24)23-9-7-20(8-10-23)14-11-12(18(25)26)5-6-16(14)22-19(20)27/h1-6,11H,7-10H2,(H,22,27)(H,25,26). The molecule has 0 radical (unpaired) electrons. The Hall–Kier alpha value is -2.86. The van der Waals surface area contributed by atoms with E-state index in [0.717, 1.165) is 0 Å². The number of nitrogens with zero attached hydrogens (tertiary/aromatic N) is 1. The number of halogens is 1. The molecular weight excluding hydrogens is 368 g/mol. The fourth-order valence-corrected chi connectivity index (χ4v) is 4.16. The molecule has 1 fully saturated rings. The molecule has 2 aromatic rings. The molecule has 2 heterocycles. The minimum Gasteiger partial charge on any atom is -0.478 e. The number of carbonyl (C=O) groups excluding carboxylic acids is 2. The average Bonchev–Trinajstić information content (AvgIpc) is 2.93. The zero-order valence-electron chi connectivity index (χ0n) is 14.4. The third kappa shape index (κ3) is 2.77. The summed E-state index contributed by atoms with van der Waals surface area (Å²) < 4.78 is 0. The maximum absolute atomic E-state index is 12.8. The van der Waals surface area contributed by atoms with Crippen molar-refractivity contribution in [2.75, 3.05) is 18.4 Å². The summed E-state index contributed by atoms with van der Waals surface area (Å²) in [7, 11) is 0. The number of nitrogens with one attached hydrogen (secondary N) is 1. The van der Waals surface area contributed by atoms with Crippen molar-refractivity contribution >= 4 is 35.1 Å². The van der Waals surface area contributed by atoms with Gasteiger partial charge in [0.15, 0.2) is 0 Å². The van der Waals surface area contributed by atoms with Crippen LogP contribution in [0.5, 0.6) is 0 Å². The van der Waals surface area contributed by atoms with E-state index in [0.29, 0.717) is 47.8 Å². The number of hydrogen-bond donors (Lipinski definition) is 2. The Morgan fingerprint density at radius 3 is 2.48 bits per heavy atom. The predicted molar refractivity (Wildman–Crippen MR) is 100 cm³/mol. The Morgan fingerprint density at radius 1 is 1.11 bits per heavy atom. The number of benzene rings is 2. The van der Waals surface area contributed by atoms with E-state index in [1.54, 1.807) is 41.3 Å². The monoisotopic (exact) mass is 384 g/mol. The normalized spacial score (nSPS) is 17.5. The maximum atomic E-state index is 12.8. The number of carboxylic acids is 1. The molecule has 7 heteroatoms. The van der Waals surface area contributed by atoms with Gasteiger partial charge >= 0.3 is 5.97 Å². The van der Waals surface area contributed by atoms with Gasteiger partial charge in [0.05, 0.1) is 21.6 Å². The number of rotatable bonds is 2. The van der Waals surface area contributed by atoms with Gasteiger partial charge in [0.2, 0.25) is 5.91 Å². The van der Waals surface area contributed by atoms with Crippen molar-refractivity contribution in [3.8, 4) is 0 Å². The molecule has 27 heavy (non-hydrogen) atoms. The van der Waals surface area contributed by atoms with Crippen LogP contribution in [0.3, 0.4) is 0 Å².